The number of allylic oxidation sites excluding steroid dienone is 3. The van der Waals surface area contributed by atoms with Crippen molar-refractivity contribution in [2.75, 3.05) is 19.6 Å². The molecule has 0 bridgehead atoms. The van der Waals surface area contributed by atoms with E-state index in [1.807, 2.05) is 4.90 Å². The third kappa shape index (κ3) is 4.25. The SMILES string of the molecule is CC1=C[C@@H]2CCC2c2ncc(C3=CC4=C(CCN(C(=O)Cc5ccc(F)cc5)C4)C([C@@H]4CCCN4)C3)cc21. The minimum absolute atomic E-state index is 0.116. The number of benzene rings is 1. The predicted molar refractivity (Wildman–Crippen MR) is 149 cm³/mol. The van der Waals surface area contributed by atoms with Crippen LogP contribution in [-0.2, 0) is 11.2 Å². The third-order valence-corrected chi connectivity index (χ3v) is 9.72. The standard InChI is InChI=1S/C33H36FN3O/c1-20-13-22-6-9-28(22)33-29(20)17-24(18-36-33)23-15-25-19-37(32(38)14-21-4-7-26(34)8-5-21)12-10-27(25)30(16-23)31-3-2-11-35-31/h4-5,7-8,13,15,17-18,22,28,30-31,35H,2-3,6,9-12,14,16,19H2,1H3/t22-,28?,30?,31-/m0/s1. The van der Waals surface area contributed by atoms with E-state index in [1.165, 1.54) is 71.4 Å². The predicted octanol–water partition coefficient (Wildman–Crippen LogP) is 6.06. The van der Waals surface area contributed by atoms with Crippen LogP contribution >= 0.6 is 0 Å². The second kappa shape index (κ2) is 9.60. The van der Waals surface area contributed by atoms with Gasteiger partial charge in [-0.1, -0.05) is 29.9 Å². The quantitative estimate of drug-likeness (QED) is 0.545. The Kier molecular flexibility index (Phi) is 6.07. The van der Waals surface area contributed by atoms with Crippen LogP contribution in [0, 0.1) is 17.7 Å². The van der Waals surface area contributed by atoms with E-state index >= 15 is 0 Å². The van der Waals surface area contributed by atoms with Crippen molar-refractivity contribution in [2.45, 2.75) is 63.8 Å². The molecule has 1 saturated heterocycles. The van der Waals surface area contributed by atoms with Gasteiger partial charge in [0, 0.05) is 31.2 Å². The number of hydrogen-bond donors (Lipinski definition) is 1. The van der Waals surface area contributed by atoms with Gasteiger partial charge >= 0.3 is 0 Å². The molecule has 2 unspecified atom stereocenters. The van der Waals surface area contributed by atoms with Gasteiger partial charge in [0.15, 0.2) is 0 Å². The largest absolute Gasteiger partial charge is 0.338 e. The second-order valence-corrected chi connectivity index (χ2v) is 12.0. The number of amides is 1. The summed E-state index contributed by atoms with van der Waals surface area (Å²) in [6, 6.07) is 9.20. The summed E-state index contributed by atoms with van der Waals surface area (Å²) in [5.41, 5.74) is 10.3. The summed E-state index contributed by atoms with van der Waals surface area (Å²) in [6.45, 7) is 4.76. The molecule has 38 heavy (non-hydrogen) atoms. The molecule has 3 aliphatic carbocycles. The highest BCUT2D eigenvalue weighted by Crippen LogP contribution is 2.50. The first-order valence-electron chi connectivity index (χ1n) is 14.4. The number of hydrogen-bond acceptors (Lipinski definition) is 3. The molecule has 3 heterocycles. The molecule has 5 heteroatoms. The number of halogens is 1. The van der Waals surface area contributed by atoms with Gasteiger partial charge in [0.25, 0.3) is 0 Å². The highest BCUT2D eigenvalue weighted by molar-refractivity contribution is 5.81. The molecule has 2 aromatic rings. The molecule has 7 rings (SSSR count). The Morgan fingerprint density at radius 3 is 2.79 bits per heavy atom. The third-order valence-electron chi connectivity index (χ3n) is 9.72. The van der Waals surface area contributed by atoms with Gasteiger partial charge in [-0.15, -0.1) is 0 Å². The summed E-state index contributed by atoms with van der Waals surface area (Å²) in [6.07, 6.45) is 14.2. The Labute approximate surface area is 224 Å². The fraction of sp³-hybridized carbons (Fsp3) is 0.455. The highest BCUT2D eigenvalue weighted by Gasteiger charge is 2.38. The first-order chi connectivity index (χ1) is 18.5. The second-order valence-electron chi connectivity index (χ2n) is 12.0. The van der Waals surface area contributed by atoms with E-state index in [0.717, 1.165) is 31.5 Å². The Bertz CT molecular complexity index is 1370. The smallest absolute Gasteiger partial charge is 0.227 e. The minimum Gasteiger partial charge on any atom is -0.338 e. The molecule has 1 aromatic carbocycles. The molecular formula is C33H36FN3O. The zero-order valence-corrected chi connectivity index (χ0v) is 22.2. The number of carbonyl (C=O) groups is 1. The summed E-state index contributed by atoms with van der Waals surface area (Å²) in [5.74, 6) is 1.61. The molecule has 2 fully saturated rings. The van der Waals surface area contributed by atoms with Crippen molar-refractivity contribution in [3.05, 3.63) is 88.0 Å². The normalized spacial score (nSPS) is 28.1. The van der Waals surface area contributed by atoms with Crippen LogP contribution in [0.25, 0.3) is 11.1 Å². The summed E-state index contributed by atoms with van der Waals surface area (Å²) >= 11 is 0. The number of nitrogens with one attached hydrogen (secondary N) is 1. The van der Waals surface area contributed by atoms with Crippen molar-refractivity contribution in [2.24, 2.45) is 11.8 Å². The van der Waals surface area contributed by atoms with Crippen molar-refractivity contribution in [1.29, 1.82) is 0 Å². The van der Waals surface area contributed by atoms with Crippen molar-refractivity contribution < 1.29 is 9.18 Å². The van der Waals surface area contributed by atoms with Gasteiger partial charge < -0.3 is 10.2 Å². The molecule has 4 nitrogen and oxygen atoms in total. The molecule has 4 atom stereocenters. The lowest BCUT2D eigenvalue weighted by Crippen LogP contribution is -2.42. The summed E-state index contributed by atoms with van der Waals surface area (Å²) in [5, 5.41) is 3.78. The van der Waals surface area contributed by atoms with Gasteiger partial charge in [0.05, 0.1) is 12.1 Å². The van der Waals surface area contributed by atoms with E-state index in [0.29, 0.717) is 36.8 Å². The average Bonchev–Trinajstić information content (AvgIpc) is 3.46. The number of carbonyl (C=O) groups excluding carboxylic acids is 1. The molecule has 196 valence electrons. The molecule has 1 N–H and O–H groups in total. The Hall–Kier alpha value is -3.05. The van der Waals surface area contributed by atoms with Crippen molar-refractivity contribution in [1.82, 2.24) is 15.2 Å². The zero-order chi connectivity index (χ0) is 25.8. The monoisotopic (exact) mass is 509 g/mol. The Balaban J connectivity index is 1.18. The van der Waals surface area contributed by atoms with E-state index in [4.69, 9.17) is 4.98 Å². The first kappa shape index (κ1) is 24.0. The van der Waals surface area contributed by atoms with Crippen molar-refractivity contribution in [3.8, 4) is 0 Å². The minimum atomic E-state index is -0.268. The van der Waals surface area contributed by atoms with Gasteiger partial charge in [-0.2, -0.15) is 0 Å². The van der Waals surface area contributed by atoms with Crippen molar-refractivity contribution in [3.63, 3.8) is 0 Å². The zero-order valence-electron chi connectivity index (χ0n) is 22.2. The van der Waals surface area contributed by atoms with Crippen LogP contribution in [0.5, 0.6) is 0 Å². The van der Waals surface area contributed by atoms with E-state index in [-0.39, 0.29) is 11.7 Å². The van der Waals surface area contributed by atoms with Gasteiger partial charge in [0.2, 0.25) is 5.91 Å². The van der Waals surface area contributed by atoms with E-state index < -0.39 is 0 Å². The van der Waals surface area contributed by atoms with Gasteiger partial charge in [-0.25, -0.2) is 4.39 Å². The number of fused-ring (bicyclic) bond motifs is 3. The van der Waals surface area contributed by atoms with Crippen molar-refractivity contribution >= 4 is 17.1 Å². The Morgan fingerprint density at radius 1 is 1.16 bits per heavy atom. The maximum absolute atomic E-state index is 13.3. The lowest BCUT2D eigenvalue weighted by Gasteiger charge is -2.40. The van der Waals surface area contributed by atoms with Crippen LogP contribution in [0.1, 0.15) is 73.8 Å². The number of rotatable bonds is 4. The van der Waals surface area contributed by atoms with Crippen LogP contribution in [0.2, 0.25) is 0 Å². The molecule has 1 aromatic heterocycles. The molecule has 0 radical (unpaired) electrons. The average molecular weight is 510 g/mol. The number of aromatic nitrogens is 1. The maximum Gasteiger partial charge on any atom is 0.227 e. The van der Waals surface area contributed by atoms with Crippen LogP contribution in [-0.4, -0.2) is 41.5 Å². The summed E-state index contributed by atoms with van der Waals surface area (Å²) in [4.78, 5) is 20.3. The molecule has 0 spiro atoms. The lowest BCUT2D eigenvalue weighted by molar-refractivity contribution is -0.130. The molecular weight excluding hydrogens is 473 g/mol. The van der Waals surface area contributed by atoms with E-state index in [1.54, 1.807) is 17.7 Å². The summed E-state index contributed by atoms with van der Waals surface area (Å²) < 4.78 is 13.3. The van der Waals surface area contributed by atoms with Gasteiger partial charge in [-0.05, 0) is 115 Å². The lowest BCUT2D eigenvalue weighted by atomic mass is 9.66. The fourth-order valence-electron chi connectivity index (χ4n) is 7.47. The van der Waals surface area contributed by atoms with E-state index in [9.17, 15) is 9.18 Å². The van der Waals surface area contributed by atoms with E-state index in [2.05, 4.69) is 36.7 Å². The topological polar surface area (TPSA) is 45.2 Å². The molecule has 5 aliphatic rings. The van der Waals surface area contributed by atoms with Crippen LogP contribution in [0.15, 0.2) is 59.8 Å². The van der Waals surface area contributed by atoms with Crippen LogP contribution in [0.4, 0.5) is 4.39 Å². The molecule has 1 amide bonds. The van der Waals surface area contributed by atoms with Crippen LogP contribution < -0.4 is 5.32 Å². The number of nitrogens with zero attached hydrogens (tertiary/aromatic N) is 2. The molecule has 2 aliphatic heterocycles. The fourth-order valence-corrected chi connectivity index (χ4v) is 7.47. The number of pyridine rings is 1. The molecule has 1 saturated carbocycles. The summed E-state index contributed by atoms with van der Waals surface area (Å²) in [7, 11) is 0. The highest BCUT2D eigenvalue weighted by atomic mass is 19.1. The van der Waals surface area contributed by atoms with Gasteiger partial charge in [0.1, 0.15) is 5.82 Å². The first-order valence-corrected chi connectivity index (χ1v) is 14.4. The Morgan fingerprint density at radius 2 is 2.03 bits per heavy atom. The van der Waals surface area contributed by atoms with Gasteiger partial charge in [-0.3, -0.25) is 9.78 Å². The maximum atomic E-state index is 13.3. The van der Waals surface area contributed by atoms with Crippen LogP contribution in [0.3, 0.4) is 0 Å².